The molecule has 3 rings (SSSR count). The Kier molecular flexibility index (Phi) is 5.69. The summed E-state index contributed by atoms with van der Waals surface area (Å²) in [5, 5.41) is 11.3. The molecule has 0 aliphatic rings. The van der Waals surface area contributed by atoms with Crippen LogP contribution in [0.25, 0.3) is 0 Å². The number of Topliss-reactive ketones (excluding diaryl/α,β-unsaturated/α-hetero) is 1. The van der Waals surface area contributed by atoms with Gasteiger partial charge < -0.3 is 10.1 Å². The Hall–Kier alpha value is -3.27. The highest BCUT2D eigenvalue weighted by molar-refractivity contribution is 7.18. The van der Waals surface area contributed by atoms with Crippen LogP contribution in [0, 0.1) is 6.92 Å². The molecule has 0 aliphatic carbocycles. The molecule has 0 aliphatic heterocycles. The van der Waals surface area contributed by atoms with Crippen LogP contribution >= 0.6 is 11.3 Å². The SMILES string of the molecule is CCOC(=O)c1c(NC(=O)c2ccn(Cn3cccn3)n2)sc(C(C)=O)c1C. The highest BCUT2D eigenvalue weighted by Crippen LogP contribution is 2.34. The van der Waals surface area contributed by atoms with E-state index in [1.54, 1.807) is 53.9 Å². The monoisotopic (exact) mass is 401 g/mol. The van der Waals surface area contributed by atoms with Crippen LogP contribution < -0.4 is 5.32 Å². The molecule has 3 aromatic rings. The van der Waals surface area contributed by atoms with E-state index in [0.29, 0.717) is 17.1 Å². The fourth-order valence-electron chi connectivity index (χ4n) is 2.65. The molecule has 1 amide bonds. The van der Waals surface area contributed by atoms with E-state index in [1.807, 2.05) is 0 Å². The highest BCUT2D eigenvalue weighted by Gasteiger charge is 2.26. The van der Waals surface area contributed by atoms with Gasteiger partial charge in [-0.2, -0.15) is 10.2 Å². The molecule has 0 spiro atoms. The topological polar surface area (TPSA) is 108 Å². The molecule has 146 valence electrons. The van der Waals surface area contributed by atoms with E-state index in [9.17, 15) is 14.4 Å². The zero-order valence-electron chi connectivity index (χ0n) is 15.6. The Morgan fingerprint density at radius 3 is 2.68 bits per heavy atom. The molecule has 28 heavy (non-hydrogen) atoms. The highest BCUT2D eigenvalue weighted by atomic mass is 32.1. The number of hydrogen-bond acceptors (Lipinski definition) is 7. The number of aromatic nitrogens is 4. The average molecular weight is 401 g/mol. The molecule has 9 nitrogen and oxygen atoms in total. The van der Waals surface area contributed by atoms with Crippen molar-refractivity contribution in [3.8, 4) is 0 Å². The summed E-state index contributed by atoms with van der Waals surface area (Å²) < 4.78 is 8.29. The van der Waals surface area contributed by atoms with Crippen molar-refractivity contribution in [3.63, 3.8) is 0 Å². The molecular formula is C18H19N5O4S. The lowest BCUT2D eigenvalue weighted by molar-refractivity contribution is 0.0527. The van der Waals surface area contributed by atoms with Gasteiger partial charge in [0.1, 0.15) is 11.7 Å². The molecule has 0 saturated heterocycles. The minimum Gasteiger partial charge on any atom is -0.462 e. The molecule has 0 aromatic carbocycles. The summed E-state index contributed by atoms with van der Waals surface area (Å²) in [6.45, 7) is 5.32. The minimum absolute atomic E-state index is 0.178. The number of thiophene rings is 1. The van der Waals surface area contributed by atoms with Gasteiger partial charge >= 0.3 is 5.97 Å². The van der Waals surface area contributed by atoms with Crippen LogP contribution in [0.1, 0.15) is 49.9 Å². The van der Waals surface area contributed by atoms with E-state index >= 15 is 0 Å². The summed E-state index contributed by atoms with van der Waals surface area (Å²) in [4.78, 5) is 37.2. The van der Waals surface area contributed by atoms with Crippen molar-refractivity contribution in [2.75, 3.05) is 11.9 Å². The van der Waals surface area contributed by atoms with Gasteiger partial charge in [-0.25, -0.2) is 4.79 Å². The zero-order valence-corrected chi connectivity index (χ0v) is 16.4. The Balaban J connectivity index is 1.83. The van der Waals surface area contributed by atoms with Crippen molar-refractivity contribution < 1.29 is 19.1 Å². The van der Waals surface area contributed by atoms with Gasteiger partial charge in [0, 0.05) is 18.6 Å². The van der Waals surface area contributed by atoms with Crippen molar-refractivity contribution >= 4 is 34.0 Å². The first-order valence-corrected chi connectivity index (χ1v) is 9.36. The van der Waals surface area contributed by atoms with Gasteiger partial charge in [0.15, 0.2) is 11.5 Å². The van der Waals surface area contributed by atoms with Crippen LogP contribution in [0.4, 0.5) is 5.00 Å². The number of nitrogens with one attached hydrogen (secondary N) is 1. The van der Waals surface area contributed by atoms with Gasteiger partial charge in [-0.3, -0.25) is 19.0 Å². The predicted octanol–water partition coefficient (Wildman–Crippen LogP) is 2.59. The number of nitrogens with zero attached hydrogens (tertiary/aromatic N) is 4. The van der Waals surface area contributed by atoms with E-state index < -0.39 is 11.9 Å². The van der Waals surface area contributed by atoms with Crippen molar-refractivity contribution in [1.82, 2.24) is 19.6 Å². The quantitative estimate of drug-likeness (QED) is 0.482. The second kappa shape index (κ2) is 8.17. The van der Waals surface area contributed by atoms with Crippen LogP contribution in [0.5, 0.6) is 0 Å². The molecule has 0 fully saturated rings. The Morgan fingerprint density at radius 1 is 1.25 bits per heavy atom. The number of ketones is 1. The standard InChI is InChI=1S/C18H19N5O4S/c1-4-27-18(26)14-11(2)15(12(3)24)28-17(14)20-16(25)13-6-9-23(21-13)10-22-8-5-7-19-22/h5-9H,4,10H2,1-3H3,(H,20,25). The third kappa shape index (κ3) is 4.01. The molecule has 0 unspecified atom stereocenters. The van der Waals surface area contributed by atoms with Gasteiger partial charge in [-0.1, -0.05) is 0 Å². The van der Waals surface area contributed by atoms with Crippen molar-refractivity contribution in [1.29, 1.82) is 0 Å². The number of amides is 1. The Morgan fingerprint density at radius 2 is 2.04 bits per heavy atom. The van der Waals surface area contributed by atoms with Gasteiger partial charge in [-0.05, 0) is 38.5 Å². The number of rotatable bonds is 7. The van der Waals surface area contributed by atoms with Crippen LogP contribution in [-0.2, 0) is 11.4 Å². The molecule has 1 N–H and O–H groups in total. The molecule has 10 heteroatoms. The van der Waals surface area contributed by atoms with Gasteiger partial charge in [0.05, 0.1) is 17.0 Å². The van der Waals surface area contributed by atoms with Gasteiger partial charge in [0.2, 0.25) is 0 Å². The minimum atomic E-state index is -0.580. The third-order valence-corrected chi connectivity index (χ3v) is 5.20. The zero-order chi connectivity index (χ0) is 20.3. The van der Waals surface area contributed by atoms with Crippen molar-refractivity contribution in [2.45, 2.75) is 27.4 Å². The van der Waals surface area contributed by atoms with Crippen molar-refractivity contribution in [3.05, 3.63) is 52.4 Å². The lowest BCUT2D eigenvalue weighted by Crippen LogP contribution is -2.16. The first kappa shape index (κ1) is 19.5. The number of ether oxygens (including phenoxy) is 1. The largest absolute Gasteiger partial charge is 0.462 e. The van der Waals surface area contributed by atoms with Crippen LogP contribution in [0.3, 0.4) is 0 Å². The summed E-state index contributed by atoms with van der Waals surface area (Å²) >= 11 is 1.05. The smallest absolute Gasteiger partial charge is 0.341 e. The predicted molar refractivity (Wildman–Crippen MR) is 103 cm³/mol. The maximum Gasteiger partial charge on any atom is 0.341 e. The molecule has 0 bridgehead atoms. The maximum atomic E-state index is 12.6. The summed E-state index contributed by atoms with van der Waals surface area (Å²) in [6, 6.07) is 3.36. The molecule has 0 atom stereocenters. The van der Waals surface area contributed by atoms with Gasteiger partial charge in [0.25, 0.3) is 5.91 Å². The lowest BCUT2D eigenvalue weighted by Gasteiger charge is -2.06. The molecule has 0 radical (unpaired) electrons. The Bertz CT molecular complexity index is 1020. The molecule has 0 saturated carbocycles. The summed E-state index contributed by atoms with van der Waals surface area (Å²) in [6.07, 6.45) is 5.09. The normalized spacial score (nSPS) is 10.7. The number of carbonyl (C=O) groups is 3. The van der Waals surface area contributed by atoms with E-state index in [2.05, 4.69) is 15.5 Å². The second-order valence-electron chi connectivity index (χ2n) is 5.92. The van der Waals surface area contributed by atoms with E-state index in [0.717, 1.165) is 11.3 Å². The second-order valence-corrected chi connectivity index (χ2v) is 6.94. The summed E-state index contributed by atoms with van der Waals surface area (Å²) in [5.74, 6) is -1.25. The maximum absolute atomic E-state index is 12.6. The molecule has 3 aromatic heterocycles. The number of anilines is 1. The molecular weight excluding hydrogens is 382 g/mol. The average Bonchev–Trinajstić information content (AvgIpc) is 3.36. The number of hydrogen-bond donors (Lipinski definition) is 1. The number of carbonyl (C=O) groups excluding carboxylic acids is 3. The Labute approximate surface area is 164 Å². The van der Waals surface area contributed by atoms with Crippen LogP contribution in [0.15, 0.2) is 30.7 Å². The van der Waals surface area contributed by atoms with Gasteiger partial charge in [-0.15, -0.1) is 11.3 Å². The summed E-state index contributed by atoms with van der Waals surface area (Å²) in [7, 11) is 0. The van der Waals surface area contributed by atoms with E-state index in [-0.39, 0.29) is 28.6 Å². The number of esters is 1. The van der Waals surface area contributed by atoms with Crippen molar-refractivity contribution in [2.24, 2.45) is 0 Å². The first-order valence-electron chi connectivity index (χ1n) is 8.54. The van der Waals surface area contributed by atoms with Crippen LogP contribution in [0.2, 0.25) is 0 Å². The fourth-order valence-corrected chi connectivity index (χ4v) is 3.73. The van der Waals surface area contributed by atoms with E-state index in [4.69, 9.17) is 4.74 Å². The molecule has 3 heterocycles. The fraction of sp³-hybridized carbons (Fsp3) is 0.278. The summed E-state index contributed by atoms with van der Waals surface area (Å²) in [5.41, 5.74) is 0.870. The first-order chi connectivity index (χ1) is 13.4. The van der Waals surface area contributed by atoms with E-state index in [1.165, 1.54) is 6.92 Å². The van der Waals surface area contributed by atoms with Crippen LogP contribution in [-0.4, -0.2) is 43.8 Å². The lowest BCUT2D eigenvalue weighted by atomic mass is 10.1. The third-order valence-electron chi connectivity index (χ3n) is 3.90.